The third-order valence-electron chi connectivity index (χ3n) is 4.35. The van der Waals surface area contributed by atoms with Gasteiger partial charge in [-0.25, -0.2) is 4.79 Å². The molecule has 0 radical (unpaired) electrons. The van der Waals surface area contributed by atoms with Crippen molar-refractivity contribution in [1.82, 2.24) is 9.88 Å². The first-order valence-corrected chi connectivity index (χ1v) is 9.10. The number of aryl methyl sites for hydroxylation is 2. The molecule has 28 heavy (non-hydrogen) atoms. The van der Waals surface area contributed by atoms with Crippen molar-refractivity contribution in [2.24, 2.45) is 0 Å². The molecule has 1 aromatic carbocycles. The lowest BCUT2D eigenvalue weighted by Crippen LogP contribution is -2.30. The predicted molar refractivity (Wildman–Crippen MR) is 105 cm³/mol. The van der Waals surface area contributed by atoms with Gasteiger partial charge in [0.25, 0.3) is 5.91 Å². The standard InChI is InChI=1S/C21H26N2O5/c1-14-7-5-8-17(11-14)23-15(2)12-18(16(23)3)21(26)28-13-19(24)22-10-6-9-20(25)27-4/h5,7-8,11-12H,6,9-10,13H2,1-4H3,(H,22,24). The minimum absolute atomic E-state index is 0.224. The van der Waals surface area contributed by atoms with Crippen molar-refractivity contribution in [3.05, 3.63) is 52.8 Å². The van der Waals surface area contributed by atoms with E-state index in [1.165, 1.54) is 7.11 Å². The summed E-state index contributed by atoms with van der Waals surface area (Å²) in [5, 5.41) is 2.60. The predicted octanol–water partition coefficient (Wildman–Crippen LogP) is 2.63. The summed E-state index contributed by atoms with van der Waals surface area (Å²) < 4.78 is 11.6. The third-order valence-corrected chi connectivity index (χ3v) is 4.35. The normalized spacial score (nSPS) is 10.4. The first-order valence-electron chi connectivity index (χ1n) is 9.10. The number of benzene rings is 1. The van der Waals surface area contributed by atoms with Crippen LogP contribution in [0.15, 0.2) is 30.3 Å². The molecule has 1 heterocycles. The van der Waals surface area contributed by atoms with Crippen LogP contribution in [0.5, 0.6) is 0 Å². The molecule has 0 bridgehead atoms. The van der Waals surface area contributed by atoms with Gasteiger partial charge >= 0.3 is 11.9 Å². The van der Waals surface area contributed by atoms with Gasteiger partial charge in [-0.3, -0.25) is 9.59 Å². The van der Waals surface area contributed by atoms with E-state index in [1.807, 2.05) is 49.6 Å². The Kier molecular flexibility index (Phi) is 7.37. The molecule has 0 unspecified atom stereocenters. The lowest BCUT2D eigenvalue weighted by molar-refractivity contribution is -0.140. The van der Waals surface area contributed by atoms with E-state index in [1.54, 1.807) is 6.07 Å². The monoisotopic (exact) mass is 386 g/mol. The fourth-order valence-electron chi connectivity index (χ4n) is 2.96. The highest BCUT2D eigenvalue weighted by atomic mass is 16.5. The van der Waals surface area contributed by atoms with Crippen LogP contribution in [0.3, 0.4) is 0 Å². The maximum atomic E-state index is 12.4. The zero-order valence-corrected chi connectivity index (χ0v) is 16.7. The molecule has 0 fully saturated rings. The number of methoxy groups -OCH3 is 1. The number of nitrogens with one attached hydrogen (secondary N) is 1. The van der Waals surface area contributed by atoms with Gasteiger partial charge in [0.2, 0.25) is 0 Å². The van der Waals surface area contributed by atoms with E-state index < -0.39 is 11.9 Å². The Bertz CT molecular complexity index is 870. The Morgan fingerprint density at radius 2 is 1.86 bits per heavy atom. The van der Waals surface area contributed by atoms with Crippen LogP contribution in [-0.2, 0) is 19.1 Å². The van der Waals surface area contributed by atoms with Crippen LogP contribution in [0.25, 0.3) is 5.69 Å². The number of carbonyl (C=O) groups is 3. The number of esters is 2. The van der Waals surface area contributed by atoms with E-state index in [0.29, 0.717) is 18.5 Å². The van der Waals surface area contributed by atoms with E-state index in [2.05, 4.69) is 10.1 Å². The summed E-state index contributed by atoms with van der Waals surface area (Å²) in [6.07, 6.45) is 0.686. The van der Waals surface area contributed by atoms with Gasteiger partial charge in [-0.2, -0.15) is 0 Å². The van der Waals surface area contributed by atoms with Crippen molar-refractivity contribution < 1.29 is 23.9 Å². The molecular weight excluding hydrogens is 360 g/mol. The molecule has 0 aliphatic rings. The van der Waals surface area contributed by atoms with Crippen LogP contribution in [-0.4, -0.2) is 42.7 Å². The first kappa shape index (κ1) is 21.2. The molecule has 2 rings (SSSR count). The number of hydrogen-bond acceptors (Lipinski definition) is 5. The number of amides is 1. The van der Waals surface area contributed by atoms with Crippen LogP contribution in [0.4, 0.5) is 0 Å². The summed E-state index contributed by atoms with van der Waals surface area (Å²) in [6.45, 7) is 5.72. The van der Waals surface area contributed by atoms with E-state index >= 15 is 0 Å². The minimum Gasteiger partial charge on any atom is -0.469 e. The van der Waals surface area contributed by atoms with Gasteiger partial charge in [0.1, 0.15) is 0 Å². The topological polar surface area (TPSA) is 86.6 Å². The molecule has 0 aliphatic heterocycles. The molecule has 0 atom stereocenters. The number of nitrogens with zero attached hydrogens (tertiary/aromatic N) is 1. The largest absolute Gasteiger partial charge is 0.469 e. The molecule has 7 heteroatoms. The maximum absolute atomic E-state index is 12.4. The highest BCUT2D eigenvalue weighted by Crippen LogP contribution is 2.22. The number of ether oxygens (including phenoxy) is 2. The van der Waals surface area contributed by atoms with Gasteiger partial charge < -0.3 is 19.4 Å². The molecule has 150 valence electrons. The summed E-state index contributed by atoms with van der Waals surface area (Å²) in [6, 6.07) is 9.75. The second-order valence-corrected chi connectivity index (χ2v) is 6.56. The fourth-order valence-corrected chi connectivity index (χ4v) is 2.96. The second-order valence-electron chi connectivity index (χ2n) is 6.56. The van der Waals surface area contributed by atoms with E-state index in [9.17, 15) is 14.4 Å². The van der Waals surface area contributed by atoms with Crippen LogP contribution >= 0.6 is 0 Å². The number of rotatable bonds is 8. The summed E-state index contributed by atoms with van der Waals surface area (Å²) in [4.78, 5) is 35.2. The summed E-state index contributed by atoms with van der Waals surface area (Å²) in [5.74, 6) is -1.29. The second kappa shape index (κ2) is 9.73. The van der Waals surface area contributed by atoms with Gasteiger partial charge in [-0.05, 0) is 51.0 Å². The quantitative estimate of drug-likeness (QED) is 0.557. The minimum atomic E-state index is -0.545. The fraction of sp³-hybridized carbons (Fsp3) is 0.381. The average Bonchev–Trinajstić information content (AvgIpc) is 2.97. The van der Waals surface area contributed by atoms with Crippen LogP contribution in [0.1, 0.15) is 40.2 Å². The Balaban J connectivity index is 1.93. The van der Waals surface area contributed by atoms with Crippen LogP contribution < -0.4 is 5.32 Å². The Morgan fingerprint density at radius 3 is 2.54 bits per heavy atom. The van der Waals surface area contributed by atoms with Crippen molar-refractivity contribution >= 4 is 17.8 Å². The van der Waals surface area contributed by atoms with E-state index in [-0.39, 0.29) is 19.0 Å². The first-order chi connectivity index (χ1) is 13.3. The summed E-state index contributed by atoms with van der Waals surface area (Å²) in [5.41, 5.74) is 4.18. The number of hydrogen-bond donors (Lipinski definition) is 1. The average molecular weight is 386 g/mol. The van der Waals surface area contributed by atoms with Crippen molar-refractivity contribution in [2.75, 3.05) is 20.3 Å². The Morgan fingerprint density at radius 1 is 1.11 bits per heavy atom. The molecule has 2 aromatic rings. The van der Waals surface area contributed by atoms with Gasteiger partial charge in [0.05, 0.1) is 12.7 Å². The van der Waals surface area contributed by atoms with Crippen LogP contribution in [0, 0.1) is 20.8 Å². The zero-order chi connectivity index (χ0) is 20.7. The number of carbonyl (C=O) groups excluding carboxylic acids is 3. The number of aromatic nitrogens is 1. The molecule has 1 N–H and O–H groups in total. The lowest BCUT2D eigenvalue weighted by Gasteiger charge is -2.11. The van der Waals surface area contributed by atoms with Gasteiger partial charge in [0, 0.05) is 30.0 Å². The molecule has 0 aliphatic carbocycles. The van der Waals surface area contributed by atoms with Gasteiger partial charge in [-0.1, -0.05) is 12.1 Å². The smallest absolute Gasteiger partial charge is 0.340 e. The zero-order valence-electron chi connectivity index (χ0n) is 16.7. The summed E-state index contributed by atoms with van der Waals surface area (Å²) >= 11 is 0. The highest BCUT2D eigenvalue weighted by Gasteiger charge is 2.19. The molecule has 0 saturated carbocycles. The molecule has 0 saturated heterocycles. The molecular formula is C21H26N2O5. The van der Waals surface area contributed by atoms with E-state index in [0.717, 1.165) is 22.6 Å². The lowest BCUT2D eigenvalue weighted by atomic mass is 10.2. The SMILES string of the molecule is COC(=O)CCCNC(=O)COC(=O)c1cc(C)n(-c2cccc(C)c2)c1C. The Labute approximate surface area is 164 Å². The van der Waals surface area contributed by atoms with Gasteiger partial charge in [0.15, 0.2) is 6.61 Å². The summed E-state index contributed by atoms with van der Waals surface area (Å²) in [7, 11) is 1.32. The molecule has 7 nitrogen and oxygen atoms in total. The van der Waals surface area contributed by atoms with Crippen molar-refractivity contribution in [2.45, 2.75) is 33.6 Å². The molecule has 0 spiro atoms. The Hall–Kier alpha value is -3.09. The van der Waals surface area contributed by atoms with Crippen molar-refractivity contribution in [1.29, 1.82) is 0 Å². The van der Waals surface area contributed by atoms with Gasteiger partial charge in [-0.15, -0.1) is 0 Å². The molecule has 1 amide bonds. The van der Waals surface area contributed by atoms with E-state index in [4.69, 9.17) is 4.74 Å². The maximum Gasteiger partial charge on any atom is 0.340 e. The van der Waals surface area contributed by atoms with Crippen molar-refractivity contribution in [3.63, 3.8) is 0 Å². The van der Waals surface area contributed by atoms with Crippen LogP contribution in [0.2, 0.25) is 0 Å². The third kappa shape index (κ3) is 5.45. The molecule has 1 aromatic heterocycles. The van der Waals surface area contributed by atoms with Crippen molar-refractivity contribution in [3.8, 4) is 5.69 Å². The highest BCUT2D eigenvalue weighted by molar-refractivity contribution is 5.93.